The Kier molecular flexibility index (Phi) is 6.86. The molecule has 0 amide bonds. The highest BCUT2D eigenvalue weighted by Crippen LogP contribution is 2.42. The number of rotatable bonds is 5. The van der Waals surface area contributed by atoms with Crippen molar-refractivity contribution in [3.8, 4) is 56.4 Å². The Balaban J connectivity index is 1.17. The van der Waals surface area contributed by atoms with Crippen LogP contribution in [-0.4, -0.2) is 15.0 Å². The van der Waals surface area contributed by atoms with Crippen LogP contribution >= 0.6 is 22.7 Å². The van der Waals surface area contributed by atoms with Gasteiger partial charge in [-0.3, -0.25) is 0 Å². The van der Waals surface area contributed by atoms with Crippen LogP contribution in [0.15, 0.2) is 164 Å². The Morgan fingerprint density at radius 1 is 0.300 bits per heavy atom. The van der Waals surface area contributed by atoms with E-state index in [0.717, 1.165) is 27.8 Å². The Bertz CT molecular complexity index is 2870. The van der Waals surface area contributed by atoms with Crippen LogP contribution in [0.2, 0.25) is 0 Å². The normalized spacial score (nSPS) is 11.6. The number of fused-ring (bicyclic) bond motifs is 6. The summed E-state index contributed by atoms with van der Waals surface area (Å²) in [6.07, 6.45) is 0. The van der Waals surface area contributed by atoms with Gasteiger partial charge >= 0.3 is 0 Å². The van der Waals surface area contributed by atoms with Crippen molar-refractivity contribution in [3.63, 3.8) is 0 Å². The van der Waals surface area contributed by atoms with Crippen molar-refractivity contribution in [1.82, 2.24) is 15.0 Å². The first-order valence-electron chi connectivity index (χ1n) is 16.6. The quantitative estimate of drug-likeness (QED) is 0.182. The first kappa shape index (κ1) is 29.0. The molecule has 0 N–H and O–H groups in total. The third-order valence-electron chi connectivity index (χ3n) is 9.36. The fourth-order valence-corrected chi connectivity index (χ4v) is 9.26. The summed E-state index contributed by atoms with van der Waals surface area (Å²) in [5.74, 6) is 1.97. The molecule has 234 valence electrons. The molecule has 7 aromatic carbocycles. The molecule has 0 aliphatic carbocycles. The van der Waals surface area contributed by atoms with Gasteiger partial charge < -0.3 is 0 Å². The molecule has 0 atom stereocenters. The molecule has 10 rings (SSSR count). The van der Waals surface area contributed by atoms with E-state index in [1.54, 1.807) is 11.3 Å². The van der Waals surface area contributed by atoms with E-state index in [4.69, 9.17) is 15.0 Å². The first-order chi connectivity index (χ1) is 24.8. The molecular weight excluding hydrogens is 647 g/mol. The highest BCUT2D eigenvalue weighted by atomic mass is 32.1. The van der Waals surface area contributed by atoms with Gasteiger partial charge in [0.1, 0.15) is 0 Å². The van der Waals surface area contributed by atoms with Crippen molar-refractivity contribution >= 4 is 63.0 Å². The van der Waals surface area contributed by atoms with E-state index in [1.165, 1.54) is 51.5 Å². The molecule has 3 aromatic heterocycles. The Morgan fingerprint density at radius 2 is 0.760 bits per heavy atom. The molecule has 0 aliphatic rings. The lowest BCUT2D eigenvalue weighted by Crippen LogP contribution is -2.00. The minimum Gasteiger partial charge on any atom is -0.208 e. The molecule has 0 bridgehead atoms. The van der Waals surface area contributed by atoms with Crippen LogP contribution in [0.1, 0.15) is 0 Å². The summed E-state index contributed by atoms with van der Waals surface area (Å²) in [6.45, 7) is 0. The fraction of sp³-hybridized carbons (Fsp3) is 0. The van der Waals surface area contributed by atoms with E-state index in [0.29, 0.717) is 17.5 Å². The fourth-order valence-electron chi connectivity index (χ4n) is 7.00. The lowest BCUT2D eigenvalue weighted by atomic mass is 9.98. The molecule has 50 heavy (non-hydrogen) atoms. The molecule has 0 saturated heterocycles. The van der Waals surface area contributed by atoms with Crippen molar-refractivity contribution in [3.05, 3.63) is 164 Å². The van der Waals surface area contributed by atoms with E-state index in [9.17, 15) is 0 Å². The molecule has 0 fully saturated rings. The van der Waals surface area contributed by atoms with Crippen LogP contribution in [0, 0.1) is 0 Å². The zero-order valence-corrected chi connectivity index (χ0v) is 28.4. The lowest BCUT2D eigenvalue weighted by Gasteiger charge is -2.11. The predicted molar refractivity (Wildman–Crippen MR) is 213 cm³/mol. The summed E-state index contributed by atoms with van der Waals surface area (Å²) >= 11 is 3.64. The van der Waals surface area contributed by atoms with Gasteiger partial charge in [-0.15, -0.1) is 22.7 Å². The van der Waals surface area contributed by atoms with E-state index in [1.807, 2.05) is 17.4 Å². The smallest absolute Gasteiger partial charge is 0.164 e. The van der Waals surface area contributed by atoms with Gasteiger partial charge in [0.25, 0.3) is 0 Å². The molecular formula is C45H27N3S2. The van der Waals surface area contributed by atoms with Crippen molar-refractivity contribution < 1.29 is 0 Å². The molecule has 0 radical (unpaired) electrons. The monoisotopic (exact) mass is 673 g/mol. The van der Waals surface area contributed by atoms with Crippen molar-refractivity contribution in [1.29, 1.82) is 0 Å². The Morgan fingerprint density at radius 3 is 1.46 bits per heavy atom. The molecule has 3 nitrogen and oxygen atoms in total. The third-order valence-corrected chi connectivity index (χ3v) is 11.6. The standard InChI is InChI=1S/C45H27N3S2/c1-2-11-28(12-3-1)29-23-25-30(26-24-29)43-46-44(48-45(47-43)36-18-10-22-40-42(36)35-16-5-7-20-38(35)50-40)32-14-8-13-31(27-32)33-17-9-21-39-41(33)34-15-4-6-19-37(34)49-39/h1-27H. The summed E-state index contributed by atoms with van der Waals surface area (Å²) in [5, 5.41) is 4.97. The number of hydrogen-bond acceptors (Lipinski definition) is 5. The molecule has 3 heterocycles. The molecule has 0 aliphatic heterocycles. The highest BCUT2D eigenvalue weighted by Gasteiger charge is 2.18. The average Bonchev–Trinajstić information content (AvgIpc) is 3.77. The number of thiophene rings is 2. The lowest BCUT2D eigenvalue weighted by molar-refractivity contribution is 1.08. The summed E-state index contributed by atoms with van der Waals surface area (Å²) in [5.41, 5.74) is 7.59. The molecule has 0 spiro atoms. The van der Waals surface area contributed by atoms with Crippen molar-refractivity contribution in [2.45, 2.75) is 0 Å². The van der Waals surface area contributed by atoms with Crippen LogP contribution < -0.4 is 0 Å². The second-order valence-electron chi connectivity index (χ2n) is 12.4. The van der Waals surface area contributed by atoms with Gasteiger partial charge in [0.05, 0.1) is 0 Å². The highest BCUT2D eigenvalue weighted by molar-refractivity contribution is 7.26. The topological polar surface area (TPSA) is 38.7 Å². The van der Waals surface area contributed by atoms with Crippen LogP contribution in [0.3, 0.4) is 0 Å². The van der Waals surface area contributed by atoms with Gasteiger partial charge in [0.2, 0.25) is 0 Å². The SMILES string of the molecule is c1ccc(-c2ccc(-c3nc(-c4cccc(-c5cccc6sc7ccccc7c56)c4)nc(-c4cccc5sc6ccccc6c45)n3)cc2)cc1. The maximum Gasteiger partial charge on any atom is 0.164 e. The van der Waals surface area contributed by atoms with Crippen LogP contribution in [0.25, 0.3) is 96.8 Å². The number of hydrogen-bond donors (Lipinski definition) is 0. The Labute approximate surface area is 296 Å². The maximum atomic E-state index is 5.22. The van der Waals surface area contributed by atoms with Gasteiger partial charge in [0, 0.05) is 57.0 Å². The summed E-state index contributed by atoms with van der Waals surface area (Å²) in [4.78, 5) is 15.5. The number of aromatic nitrogens is 3. The maximum absolute atomic E-state index is 5.22. The minimum absolute atomic E-state index is 0.650. The Hall–Kier alpha value is -6.01. The van der Waals surface area contributed by atoms with Gasteiger partial charge in [-0.1, -0.05) is 133 Å². The van der Waals surface area contributed by atoms with Crippen LogP contribution in [-0.2, 0) is 0 Å². The minimum atomic E-state index is 0.650. The van der Waals surface area contributed by atoms with Crippen molar-refractivity contribution in [2.75, 3.05) is 0 Å². The first-order valence-corrected chi connectivity index (χ1v) is 18.2. The van der Waals surface area contributed by atoms with Gasteiger partial charge in [-0.2, -0.15) is 0 Å². The summed E-state index contributed by atoms with van der Waals surface area (Å²) in [6, 6.07) is 57.9. The van der Waals surface area contributed by atoms with Gasteiger partial charge in [0.15, 0.2) is 17.5 Å². The molecule has 0 saturated carbocycles. The summed E-state index contributed by atoms with van der Waals surface area (Å²) < 4.78 is 5.06. The van der Waals surface area contributed by atoms with Gasteiger partial charge in [-0.05, 0) is 52.6 Å². The van der Waals surface area contributed by atoms with Gasteiger partial charge in [-0.25, -0.2) is 15.0 Å². The second kappa shape index (κ2) is 11.8. The van der Waals surface area contributed by atoms with Crippen molar-refractivity contribution in [2.24, 2.45) is 0 Å². The largest absolute Gasteiger partial charge is 0.208 e. The zero-order valence-electron chi connectivity index (χ0n) is 26.7. The second-order valence-corrected chi connectivity index (χ2v) is 14.6. The van der Waals surface area contributed by atoms with E-state index >= 15 is 0 Å². The van der Waals surface area contributed by atoms with E-state index < -0.39 is 0 Å². The molecule has 10 aromatic rings. The zero-order chi connectivity index (χ0) is 33.0. The van der Waals surface area contributed by atoms with Crippen LogP contribution in [0.5, 0.6) is 0 Å². The number of benzene rings is 7. The van der Waals surface area contributed by atoms with Crippen LogP contribution in [0.4, 0.5) is 0 Å². The van der Waals surface area contributed by atoms with E-state index in [-0.39, 0.29) is 0 Å². The number of nitrogens with zero attached hydrogens (tertiary/aromatic N) is 3. The third kappa shape index (κ3) is 4.90. The average molecular weight is 674 g/mol. The van der Waals surface area contributed by atoms with E-state index in [2.05, 4.69) is 158 Å². The molecule has 0 unspecified atom stereocenters. The predicted octanol–water partition coefficient (Wildman–Crippen LogP) is 12.9. The molecule has 5 heteroatoms. The summed E-state index contributed by atoms with van der Waals surface area (Å²) in [7, 11) is 0.